The minimum absolute atomic E-state index is 0.102. The predicted molar refractivity (Wildman–Crippen MR) is 70.8 cm³/mol. The third-order valence-corrected chi connectivity index (χ3v) is 3.36. The van der Waals surface area contributed by atoms with Crippen molar-refractivity contribution in [3.05, 3.63) is 0 Å². The van der Waals surface area contributed by atoms with Crippen molar-refractivity contribution < 1.29 is 14.3 Å². The first-order valence-electron chi connectivity index (χ1n) is 5.39. The molecule has 1 atom stereocenters. The van der Waals surface area contributed by atoms with Crippen LogP contribution in [0.5, 0.6) is 0 Å². The van der Waals surface area contributed by atoms with Crippen LogP contribution in [-0.4, -0.2) is 39.4 Å². The van der Waals surface area contributed by atoms with Crippen molar-refractivity contribution in [1.29, 1.82) is 0 Å². The summed E-state index contributed by atoms with van der Waals surface area (Å²) in [4.78, 5) is 13.8. The van der Waals surface area contributed by atoms with E-state index in [4.69, 9.17) is 9.47 Å². The highest BCUT2D eigenvalue weighted by Gasteiger charge is 2.45. The molecular formula is C11H20INO3. The molecule has 1 heterocycles. The van der Waals surface area contributed by atoms with Crippen molar-refractivity contribution in [3.63, 3.8) is 0 Å². The van der Waals surface area contributed by atoms with Gasteiger partial charge in [-0.15, -0.1) is 0 Å². The Kier molecular flexibility index (Phi) is 4.10. The Hall–Kier alpha value is -0.0400. The molecular weight excluding hydrogens is 321 g/mol. The predicted octanol–water partition coefficient (Wildman–Crippen LogP) is 2.79. The van der Waals surface area contributed by atoms with Crippen LogP contribution in [-0.2, 0) is 9.47 Å². The molecule has 0 aromatic carbocycles. The van der Waals surface area contributed by atoms with Crippen LogP contribution < -0.4 is 0 Å². The van der Waals surface area contributed by atoms with E-state index in [0.717, 1.165) is 4.43 Å². The summed E-state index contributed by atoms with van der Waals surface area (Å²) in [5.74, 6) is 0. The lowest BCUT2D eigenvalue weighted by atomic mass is 10.2. The normalized spacial score (nSPS) is 24.6. The maximum absolute atomic E-state index is 12.1. The molecule has 1 fully saturated rings. The van der Waals surface area contributed by atoms with Gasteiger partial charge in [-0.3, -0.25) is 4.90 Å². The van der Waals surface area contributed by atoms with Crippen LogP contribution in [0.1, 0.15) is 34.6 Å². The number of alkyl halides is 1. The second kappa shape index (κ2) is 4.68. The maximum atomic E-state index is 12.1. The molecule has 0 N–H and O–H groups in total. The molecule has 1 rings (SSSR count). The zero-order valence-electron chi connectivity index (χ0n) is 10.5. The summed E-state index contributed by atoms with van der Waals surface area (Å²) in [6.45, 7) is 9.97. The number of carbonyl (C=O) groups is 1. The van der Waals surface area contributed by atoms with Crippen LogP contribution in [0.25, 0.3) is 0 Å². The van der Waals surface area contributed by atoms with Crippen molar-refractivity contribution in [3.8, 4) is 0 Å². The number of rotatable bonds is 1. The van der Waals surface area contributed by atoms with Crippen molar-refractivity contribution >= 4 is 28.7 Å². The van der Waals surface area contributed by atoms with Crippen LogP contribution >= 0.6 is 22.6 Å². The second-order valence-corrected chi connectivity index (χ2v) is 6.30. The van der Waals surface area contributed by atoms with Crippen LogP contribution in [0.2, 0.25) is 0 Å². The van der Waals surface area contributed by atoms with Gasteiger partial charge in [-0.2, -0.15) is 0 Å². The molecule has 5 heteroatoms. The molecule has 1 aliphatic heterocycles. The topological polar surface area (TPSA) is 38.8 Å². The largest absolute Gasteiger partial charge is 0.444 e. The smallest absolute Gasteiger partial charge is 0.412 e. The fourth-order valence-corrected chi connectivity index (χ4v) is 2.33. The van der Waals surface area contributed by atoms with Gasteiger partial charge < -0.3 is 9.47 Å². The molecule has 0 aliphatic carbocycles. The standard InChI is InChI=1S/C11H20INO3/c1-10(2,3)16-9(14)13-8(6-12)7-15-11(13,4)5/h8H,6-7H2,1-5H3/t8-/m0/s1. The molecule has 1 amide bonds. The van der Waals surface area contributed by atoms with Gasteiger partial charge in [0.25, 0.3) is 0 Å². The number of ether oxygens (including phenoxy) is 2. The van der Waals surface area contributed by atoms with Gasteiger partial charge in [0.1, 0.15) is 11.3 Å². The number of halogens is 1. The van der Waals surface area contributed by atoms with Crippen molar-refractivity contribution in [1.82, 2.24) is 4.90 Å². The van der Waals surface area contributed by atoms with Gasteiger partial charge in [0.2, 0.25) is 0 Å². The third-order valence-electron chi connectivity index (χ3n) is 2.34. The van der Waals surface area contributed by atoms with Crippen LogP contribution in [0, 0.1) is 0 Å². The van der Waals surface area contributed by atoms with Crippen LogP contribution in [0.4, 0.5) is 4.79 Å². The van der Waals surface area contributed by atoms with Gasteiger partial charge in [0.05, 0.1) is 12.6 Å². The Morgan fingerprint density at radius 2 is 2.12 bits per heavy atom. The van der Waals surface area contributed by atoms with Crippen LogP contribution in [0.15, 0.2) is 0 Å². The molecule has 0 aromatic heterocycles. The highest BCUT2D eigenvalue weighted by atomic mass is 127. The molecule has 0 spiro atoms. The lowest BCUT2D eigenvalue weighted by Gasteiger charge is -2.34. The van der Waals surface area contributed by atoms with Crippen LogP contribution in [0.3, 0.4) is 0 Å². The Morgan fingerprint density at radius 3 is 2.56 bits per heavy atom. The van der Waals surface area contributed by atoms with Crippen molar-refractivity contribution in [2.75, 3.05) is 11.0 Å². The number of carbonyl (C=O) groups excluding carboxylic acids is 1. The molecule has 0 aromatic rings. The summed E-state index contributed by atoms with van der Waals surface area (Å²) in [6.07, 6.45) is -0.295. The first kappa shape index (κ1) is 14.0. The van der Waals surface area contributed by atoms with Gasteiger partial charge in [-0.05, 0) is 34.6 Å². The number of nitrogens with zero attached hydrogens (tertiary/aromatic N) is 1. The van der Waals surface area contributed by atoms with Gasteiger partial charge in [0, 0.05) is 4.43 Å². The van der Waals surface area contributed by atoms with E-state index < -0.39 is 11.3 Å². The lowest BCUT2D eigenvalue weighted by molar-refractivity contribution is -0.0616. The highest BCUT2D eigenvalue weighted by Crippen LogP contribution is 2.30. The number of hydrogen-bond acceptors (Lipinski definition) is 3. The summed E-state index contributed by atoms with van der Waals surface area (Å²) < 4.78 is 11.9. The molecule has 94 valence electrons. The molecule has 1 aliphatic rings. The molecule has 16 heavy (non-hydrogen) atoms. The number of hydrogen-bond donors (Lipinski definition) is 0. The zero-order chi connectivity index (χ0) is 12.6. The van der Waals surface area contributed by atoms with Crippen molar-refractivity contribution in [2.24, 2.45) is 0 Å². The first-order chi connectivity index (χ1) is 7.17. The number of amides is 1. The fraction of sp³-hybridized carbons (Fsp3) is 0.909. The molecule has 0 unspecified atom stereocenters. The molecule has 0 radical (unpaired) electrons. The molecule has 0 bridgehead atoms. The lowest BCUT2D eigenvalue weighted by Crippen LogP contribution is -2.50. The molecule has 1 saturated heterocycles. The Labute approximate surface area is 111 Å². The maximum Gasteiger partial charge on any atom is 0.412 e. The van der Waals surface area contributed by atoms with Gasteiger partial charge in [-0.25, -0.2) is 4.79 Å². The van der Waals surface area contributed by atoms with E-state index in [9.17, 15) is 4.79 Å². The summed E-state index contributed by atoms with van der Waals surface area (Å²) in [7, 11) is 0. The van der Waals surface area contributed by atoms with E-state index >= 15 is 0 Å². The Bertz CT molecular complexity index is 273. The Balaban J connectivity index is 2.79. The van der Waals surface area contributed by atoms with Gasteiger partial charge in [0.15, 0.2) is 0 Å². The minimum Gasteiger partial charge on any atom is -0.444 e. The fourth-order valence-electron chi connectivity index (χ4n) is 1.68. The average Bonchev–Trinajstić information content (AvgIpc) is 2.37. The van der Waals surface area contributed by atoms with E-state index in [-0.39, 0.29) is 12.1 Å². The van der Waals surface area contributed by atoms with Gasteiger partial charge in [-0.1, -0.05) is 22.6 Å². The summed E-state index contributed by atoms with van der Waals surface area (Å²) >= 11 is 2.26. The van der Waals surface area contributed by atoms with Crippen molar-refractivity contribution in [2.45, 2.75) is 52.0 Å². The second-order valence-electron chi connectivity index (χ2n) is 5.42. The van der Waals surface area contributed by atoms with E-state index in [0.29, 0.717) is 6.61 Å². The third kappa shape index (κ3) is 3.23. The van der Waals surface area contributed by atoms with E-state index in [1.54, 1.807) is 4.90 Å². The summed E-state index contributed by atoms with van der Waals surface area (Å²) in [5.41, 5.74) is -1.04. The quantitative estimate of drug-likeness (QED) is 0.544. The minimum atomic E-state index is -0.571. The van der Waals surface area contributed by atoms with E-state index in [2.05, 4.69) is 22.6 Å². The highest BCUT2D eigenvalue weighted by molar-refractivity contribution is 14.1. The molecule has 4 nitrogen and oxygen atoms in total. The Morgan fingerprint density at radius 1 is 1.56 bits per heavy atom. The summed E-state index contributed by atoms with van der Waals surface area (Å²) in [5, 5.41) is 0. The van der Waals surface area contributed by atoms with Gasteiger partial charge >= 0.3 is 6.09 Å². The molecule has 0 saturated carbocycles. The monoisotopic (exact) mass is 341 g/mol. The first-order valence-corrected chi connectivity index (χ1v) is 6.92. The summed E-state index contributed by atoms with van der Waals surface area (Å²) in [6, 6.07) is 0.102. The average molecular weight is 341 g/mol. The zero-order valence-corrected chi connectivity index (χ0v) is 12.7. The van der Waals surface area contributed by atoms with E-state index in [1.165, 1.54) is 0 Å². The SMILES string of the molecule is CC(C)(C)OC(=O)N1[C@@H](CI)COC1(C)C. The van der Waals surface area contributed by atoms with E-state index in [1.807, 2.05) is 34.6 Å².